The van der Waals surface area contributed by atoms with Gasteiger partial charge >= 0.3 is 0 Å². The first-order chi connectivity index (χ1) is 23.2. The summed E-state index contributed by atoms with van der Waals surface area (Å²) in [6.07, 6.45) is 7.82. The smallest absolute Gasteiger partial charge is 0.0547 e. The van der Waals surface area contributed by atoms with Crippen molar-refractivity contribution >= 4 is 54.3 Å². The fourth-order valence-corrected chi connectivity index (χ4v) is 6.58. The molecule has 3 heteroatoms. The monoisotopic (exact) mass is 607 g/mol. The standard InChI is InChI=1S/C39H25N3.C3H6.C2H6/c1-2-9-31(10-3-1)41-19-18-27-20-29-23-39-35(21-30(29)22-38(27)41)34-12-6-7-13-37(34)42(39)32-16-14-26(15-17-32)36-25-40-24-28-8-4-5-11-33(28)36;1-3-2;1-2/h1-25H;3H,1H2,2H3;1-2H3. The fraction of sp³-hybridized carbons (Fsp3) is 0.0682. The van der Waals surface area contributed by atoms with Crippen molar-refractivity contribution in [2.75, 3.05) is 0 Å². The molecule has 47 heavy (non-hydrogen) atoms. The molecule has 0 saturated carbocycles. The first kappa shape index (κ1) is 29.8. The second kappa shape index (κ2) is 12.8. The van der Waals surface area contributed by atoms with Gasteiger partial charge in [-0.05, 0) is 89.3 Å². The summed E-state index contributed by atoms with van der Waals surface area (Å²) in [6, 6.07) is 48.2. The third-order valence-electron chi connectivity index (χ3n) is 8.58. The number of rotatable bonds is 3. The fourth-order valence-electron chi connectivity index (χ4n) is 6.58. The lowest BCUT2D eigenvalue weighted by molar-refractivity contribution is 1.13. The van der Waals surface area contributed by atoms with Crippen LogP contribution >= 0.6 is 0 Å². The average molecular weight is 608 g/mol. The molecule has 0 fully saturated rings. The van der Waals surface area contributed by atoms with Crippen molar-refractivity contribution in [2.45, 2.75) is 20.8 Å². The first-order valence-electron chi connectivity index (χ1n) is 16.3. The lowest BCUT2D eigenvalue weighted by Crippen LogP contribution is -1.94. The lowest BCUT2D eigenvalue weighted by atomic mass is 10.0. The van der Waals surface area contributed by atoms with Crippen LogP contribution in [0, 0.1) is 0 Å². The number of nitrogens with zero attached hydrogens (tertiary/aromatic N) is 3. The van der Waals surface area contributed by atoms with E-state index in [9.17, 15) is 0 Å². The maximum atomic E-state index is 4.51. The highest BCUT2D eigenvalue weighted by Crippen LogP contribution is 2.37. The van der Waals surface area contributed by atoms with Crippen LogP contribution in [0.25, 0.3) is 76.8 Å². The van der Waals surface area contributed by atoms with Crippen LogP contribution in [0.1, 0.15) is 20.8 Å². The Morgan fingerprint density at radius 3 is 1.98 bits per heavy atom. The summed E-state index contributed by atoms with van der Waals surface area (Å²) in [5.74, 6) is 0. The number of pyridine rings is 1. The van der Waals surface area contributed by atoms with E-state index in [1.54, 1.807) is 6.08 Å². The Balaban J connectivity index is 0.000000667. The van der Waals surface area contributed by atoms with Crippen LogP contribution in [0.3, 0.4) is 0 Å². The van der Waals surface area contributed by atoms with Gasteiger partial charge in [0.15, 0.2) is 0 Å². The van der Waals surface area contributed by atoms with Gasteiger partial charge in [0.25, 0.3) is 0 Å². The molecule has 0 aliphatic carbocycles. The normalized spacial score (nSPS) is 11.0. The third-order valence-corrected chi connectivity index (χ3v) is 8.58. The molecule has 3 nitrogen and oxygen atoms in total. The van der Waals surface area contributed by atoms with Crippen molar-refractivity contribution in [3.8, 4) is 22.5 Å². The van der Waals surface area contributed by atoms with Gasteiger partial charge in [0, 0.05) is 57.1 Å². The SMILES string of the molecule is C=CC.CC.c1ccc(-n2ccc3cc4cc5c(cc4cc32)c2ccccc2n5-c2ccc(-c3cncc4ccccc34)cc2)cc1. The summed E-state index contributed by atoms with van der Waals surface area (Å²) in [6.45, 7) is 9.25. The molecular formula is C44H37N3. The van der Waals surface area contributed by atoms with E-state index < -0.39 is 0 Å². The summed E-state index contributed by atoms with van der Waals surface area (Å²) in [7, 11) is 0. The molecule has 0 radical (unpaired) electrons. The van der Waals surface area contributed by atoms with Gasteiger partial charge in [-0.15, -0.1) is 6.58 Å². The van der Waals surface area contributed by atoms with E-state index in [1.165, 1.54) is 60.1 Å². The Hall–Kier alpha value is -5.93. The van der Waals surface area contributed by atoms with E-state index in [1.807, 2.05) is 33.2 Å². The number of fused-ring (bicyclic) bond motifs is 6. The highest BCUT2D eigenvalue weighted by Gasteiger charge is 2.15. The minimum absolute atomic E-state index is 1.15. The maximum absolute atomic E-state index is 4.51. The number of benzene rings is 6. The molecule has 3 heterocycles. The summed E-state index contributed by atoms with van der Waals surface area (Å²) in [5.41, 5.74) is 8.28. The molecule has 0 amide bonds. The average Bonchev–Trinajstić information content (AvgIpc) is 3.69. The highest BCUT2D eigenvalue weighted by atomic mass is 15.0. The van der Waals surface area contributed by atoms with Gasteiger partial charge in [-0.2, -0.15) is 0 Å². The highest BCUT2D eigenvalue weighted by molar-refractivity contribution is 6.15. The molecule has 0 saturated heterocycles. The predicted octanol–water partition coefficient (Wildman–Crippen LogP) is 12.3. The van der Waals surface area contributed by atoms with E-state index in [0.29, 0.717) is 0 Å². The summed E-state index contributed by atoms with van der Waals surface area (Å²) in [4.78, 5) is 4.51. The molecule has 0 bridgehead atoms. The number of allylic oxidation sites excluding steroid dienone is 1. The van der Waals surface area contributed by atoms with E-state index >= 15 is 0 Å². The molecule has 0 spiro atoms. The Morgan fingerprint density at radius 1 is 0.532 bits per heavy atom. The minimum Gasteiger partial charge on any atom is -0.317 e. The van der Waals surface area contributed by atoms with Crippen molar-refractivity contribution in [1.29, 1.82) is 0 Å². The number of hydrogen-bond acceptors (Lipinski definition) is 1. The van der Waals surface area contributed by atoms with Gasteiger partial charge in [-0.3, -0.25) is 4.98 Å². The van der Waals surface area contributed by atoms with E-state index in [0.717, 1.165) is 16.6 Å². The molecule has 0 N–H and O–H groups in total. The first-order valence-corrected chi connectivity index (χ1v) is 16.3. The van der Waals surface area contributed by atoms with E-state index in [2.05, 4.69) is 160 Å². The van der Waals surface area contributed by atoms with Crippen LogP contribution < -0.4 is 0 Å². The summed E-state index contributed by atoms with van der Waals surface area (Å²) >= 11 is 0. The van der Waals surface area contributed by atoms with Gasteiger partial charge in [-0.1, -0.05) is 92.7 Å². The molecule has 0 aliphatic heterocycles. The molecule has 9 rings (SSSR count). The third kappa shape index (κ3) is 5.26. The minimum atomic E-state index is 1.15. The largest absolute Gasteiger partial charge is 0.317 e. The Labute approximate surface area is 275 Å². The van der Waals surface area contributed by atoms with Crippen LogP contribution in [0.15, 0.2) is 165 Å². The molecular weight excluding hydrogens is 571 g/mol. The second-order valence-electron chi connectivity index (χ2n) is 11.4. The number of aromatic nitrogens is 3. The molecule has 0 unspecified atom stereocenters. The molecule has 3 aromatic heterocycles. The van der Waals surface area contributed by atoms with Gasteiger partial charge in [0.2, 0.25) is 0 Å². The van der Waals surface area contributed by atoms with Crippen molar-refractivity contribution in [2.24, 2.45) is 0 Å². The van der Waals surface area contributed by atoms with Gasteiger partial charge in [-0.25, -0.2) is 0 Å². The van der Waals surface area contributed by atoms with Crippen LogP contribution in [0.5, 0.6) is 0 Å². The molecule has 228 valence electrons. The van der Waals surface area contributed by atoms with Crippen LogP contribution in [0.4, 0.5) is 0 Å². The quantitative estimate of drug-likeness (QED) is 0.183. The lowest BCUT2D eigenvalue weighted by Gasteiger charge is -2.11. The summed E-state index contributed by atoms with van der Waals surface area (Å²) < 4.78 is 4.67. The maximum Gasteiger partial charge on any atom is 0.0547 e. The van der Waals surface area contributed by atoms with Gasteiger partial charge < -0.3 is 9.13 Å². The van der Waals surface area contributed by atoms with Crippen molar-refractivity contribution < 1.29 is 0 Å². The molecule has 9 aromatic rings. The van der Waals surface area contributed by atoms with Gasteiger partial charge in [0.05, 0.1) is 16.6 Å². The van der Waals surface area contributed by atoms with Crippen LogP contribution in [-0.4, -0.2) is 14.1 Å². The molecule has 6 aromatic carbocycles. The molecule has 0 atom stereocenters. The van der Waals surface area contributed by atoms with Gasteiger partial charge in [0.1, 0.15) is 0 Å². The van der Waals surface area contributed by atoms with E-state index in [-0.39, 0.29) is 0 Å². The van der Waals surface area contributed by atoms with Crippen molar-refractivity contribution in [3.05, 3.63) is 165 Å². The van der Waals surface area contributed by atoms with Crippen molar-refractivity contribution in [3.63, 3.8) is 0 Å². The zero-order valence-corrected chi connectivity index (χ0v) is 27.1. The van der Waals surface area contributed by atoms with E-state index in [4.69, 9.17) is 0 Å². The summed E-state index contributed by atoms with van der Waals surface area (Å²) in [5, 5.41) is 8.61. The number of para-hydroxylation sites is 2. The second-order valence-corrected chi connectivity index (χ2v) is 11.4. The molecule has 0 aliphatic rings. The number of hydrogen-bond donors (Lipinski definition) is 0. The predicted molar refractivity (Wildman–Crippen MR) is 203 cm³/mol. The van der Waals surface area contributed by atoms with Crippen LogP contribution in [-0.2, 0) is 0 Å². The zero-order chi connectivity index (χ0) is 32.3. The Kier molecular flexibility index (Phi) is 8.12. The Bertz CT molecular complexity index is 2490. The zero-order valence-electron chi connectivity index (χ0n) is 27.1. The Morgan fingerprint density at radius 2 is 1.19 bits per heavy atom. The topological polar surface area (TPSA) is 22.8 Å². The van der Waals surface area contributed by atoms with Crippen molar-refractivity contribution in [1.82, 2.24) is 14.1 Å². The van der Waals surface area contributed by atoms with Crippen LogP contribution in [0.2, 0.25) is 0 Å².